The van der Waals surface area contributed by atoms with Gasteiger partial charge in [0.2, 0.25) is 11.9 Å². The number of likely N-dealkylation sites (tertiary alicyclic amines) is 1. The summed E-state index contributed by atoms with van der Waals surface area (Å²) in [4.78, 5) is 18.2. The number of rotatable bonds is 7. The van der Waals surface area contributed by atoms with Gasteiger partial charge >= 0.3 is 0 Å². The third-order valence-electron chi connectivity index (χ3n) is 4.41. The highest BCUT2D eigenvalue weighted by Crippen LogP contribution is 2.19. The molecule has 0 saturated carbocycles. The molecule has 0 aromatic carbocycles. The van der Waals surface area contributed by atoms with Gasteiger partial charge in [-0.05, 0) is 31.8 Å². The zero-order valence-electron chi connectivity index (χ0n) is 15.5. The smallest absolute Gasteiger partial charge is 0.229 e. The summed E-state index contributed by atoms with van der Waals surface area (Å²) < 4.78 is 0. The zero-order chi connectivity index (χ0) is 17.0. The van der Waals surface area contributed by atoms with Crippen molar-refractivity contribution in [2.24, 2.45) is 5.92 Å². The second kappa shape index (κ2) is 7.90. The van der Waals surface area contributed by atoms with Gasteiger partial charge in [-0.3, -0.25) is 4.90 Å². The fraction of sp³-hybridized carbons (Fsp3) is 0.824. The first-order valence-electron chi connectivity index (χ1n) is 8.79. The normalized spacial score (nSPS) is 17.0. The Bertz CT molecular complexity index is 468. The molecule has 1 aliphatic heterocycles. The molecule has 0 bridgehead atoms. The third-order valence-corrected chi connectivity index (χ3v) is 4.41. The molecule has 2 heterocycles. The number of nitrogens with one attached hydrogen (secondary N) is 1. The Labute approximate surface area is 140 Å². The molecule has 1 aromatic rings. The summed E-state index contributed by atoms with van der Waals surface area (Å²) in [6, 6.07) is 0.527. The van der Waals surface area contributed by atoms with Crippen molar-refractivity contribution in [2.45, 2.75) is 52.5 Å². The molecule has 1 atom stereocenters. The van der Waals surface area contributed by atoms with Gasteiger partial charge in [0.1, 0.15) is 5.82 Å². The molecule has 0 aliphatic carbocycles. The van der Waals surface area contributed by atoms with E-state index in [-0.39, 0.29) is 5.92 Å². The molecule has 6 heteroatoms. The Hall–Kier alpha value is -1.43. The maximum atomic E-state index is 4.59. The Morgan fingerprint density at radius 3 is 2.22 bits per heavy atom. The van der Waals surface area contributed by atoms with Crippen LogP contribution in [0.5, 0.6) is 0 Å². The molecule has 1 aliphatic rings. The van der Waals surface area contributed by atoms with Crippen LogP contribution in [0.15, 0.2) is 0 Å². The molecule has 1 aromatic heterocycles. The molecule has 1 N–H and O–H groups in total. The van der Waals surface area contributed by atoms with Crippen molar-refractivity contribution in [2.75, 3.05) is 43.9 Å². The molecule has 1 saturated heterocycles. The lowest BCUT2D eigenvalue weighted by Gasteiger charge is -2.31. The van der Waals surface area contributed by atoms with Crippen LogP contribution in [-0.2, 0) is 0 Å². The van der Waals surface area contributed by atoms with E-state index in [0.717, 1.165) is 12.4 Å². The average molecular weight is 320 g/mol. The lowest BCUT2D eigenvalue weighted by atomic mass is 10.0. The first-order chi connectivity index (χ1) is 10.9. The van der Waals surface area contributed by atoms with E-state index < -0.39 is 0 Å². The van der Waals surface area contributed by atoms with Crippen molar-refractivity contribution < 1.29 is 0 Å². The summed E-state index contributed by atoms with van der Waals surface area (Å²) in [5.41, 5.74) is 0. The molecule has 0 radical (unpaired) electrons. The number of hydrogen-bond donors (Lipinski definition) is 1. The molecule has 6 nitrogen and oxygen atoms in total. The molecule has 130 valence electrons. The van der Waals surface area contributed by atoms with Gasteiger partial charge in [-0.1, -0.05) is 27.7 Å². The van der Waals surface area contributed by atoms with Crippen molar-refractivity contribution in [1.82, 2.24) is 19.9 Å². The largest absolute Gasteiger partial charge is 0.352 e. The molecular formula is C17H32N6. The van der Waals surface area contributed by atoms with E-state index in [4.69, 9.17) is 0 Å². The number of hydrogen-bond acceptors (Lipinski definition) is 6. The van der Waals surface area contributed by atoms with Gasteiger partial charge in [0.15, 0.2) is 0 Å². The highest BCUT2D eigenvalue weighted by atomic mass is 15.3. The van der Waals surface area contributed by atoms with E-state index >= 15 is 0 Å². The molecule has 1 unspecified atom stereocenters. The van der Waals surface area contributed by atoms with Gasteiger partial charge in [0.05, 0.1) is 0 Å². The SMILES string of the molecule is CC(C)c1nc(NCC(C(C)C)N2CCCC2)nc(N(C)C)n1. The standard InChI is InChI=1S/C17H32N6/c1-12(2)14(23-9-7-8-10-23)11-18-16-19-15(13(3)4)20-17(21-16)22(5)6/h12-14H,7-11H2,1-6H3,(H,18,19,20,21). The third kappa shape index (κ3) is 4.77. The number of nitrogens with zero attached hydrogens (tertiary/aromatic N) is 5. The van der Waals surface area contributed by atoms with Crippen molar-refractivity contribution in [3.8, 4) is 0 Å². The van der Waals surface area contributed by atoms with Gasteiger partial charge in [-0.15, -0.1) is 0 Å². The quantitative estimate of drug-likeness (QED) is 0.833. The van der Waals surface area contributed by atoms with E-state index in [1.807, 2.05) is 19.0 Å². The van der Waals surface area contributed by atoms with E-state index in [0.29, 0.717) is 23.9 Å². The van der Waals surface area contributed by atoms with Crippen LogP contribution in [0.1, 0.15) is 52.3 Å². The molecular weight excluding hydrogens is 288 g/mol. The van der Waals surface area contributed by atoms with Crippen LogP contribution in [0.25, 0.3) is 0 Å². The van der Waals surface area contributed by atoms with Crippen LogP contribution in [0, 0.1) is 5.92 Å². The maximum Gasteiger partial charge on any atom is 0.229 e. The minimum absolute atomic E-state index is 0.289. The molecule has 0 spiro atoms. The first-order valence-corrected chi connectivity index (χ1v) is 8.79. The highest BCUT2D eigenvalue weighted by molar-refractivity contribution is 5.36. The topological polar surface area (TPSA) is 57.2 Å². The van der Waals surface area contributed by atoms with Gasteiger partial charge in [0.25, 0.3) is 0 Å². The van der Waals surface area contributed by atoms with E-state index in [9.17, 15) is 0 Å². The van der Waals surface area contributed by atoms with Crippen LogP contribution in [0.2, 0.25) is 0 Å². The maximum absolute atomic E-state index is 4.59. The number of anilines is 2. The molecule has 2 rings (SSSR count). The summed E-state index contributed by atoms with van der Waals surface area (Å²) in [5, 5.41) is 3.46. The number of aromatic nitrogens is 3. The Kier molecular flexibility index (Phi) is 6.16. The lowest BCUT2D eigenvalue weighted by Crippen LogP contribution is -2.42. The fourth-order valence-corrected chi connectivity index (χ4v) is 2.97. The predicted octanol–water partition coefficient (Wildman–Crippen LogP) is 2.59. The highest BCUT2D eigenvalue weighted by Gasteiger charge is 2.24. The summed E-state index contributed by atoms with van der Waals surface area (Å²) in [6.45, 7) is 12.1. The van der Waals surface area contributed by atoms with E-state index in [2.05, 4.69) is 52.9 Å². The van der Waals surface area contributed by atoms with Crippen molar-refractivity contribution in [3.05, 3.63) is 5.82 Å². The van der Waals surface area contributed by atoms with Crippen molar-refractivity contribution >= 4 is 11.9 Å². The van der Waals surface area contributed by atoms with Gasteiger partial charge in [-0.25, -0.2) is 0 Å². The summed E-state index contributed by atoms with van der Waals surface area (Å²) in [7, 11) is 3.93. The second-order valence-corrected chi connectivity index (χ2v) is 7.30. The van der Waals surface area contributed by atoms with Crippen LogP contribution in [-0.4, -0.2) is 59.6 Å². The van der Waals surface area contributed by atoms with Crippen molar-refractivity contribution in [3.63, 3.8) is 0 Å². The Balaban J connectivity index is 2.11. The van der Waals surface area contributed by atoms with E-state index in [1.54, 1.807) is 0 Å². The predicted molar refractivity (Wildman–Crippen MR) is 96.2 cm³/mol. The summed E-state index contributed by atoms with van der Waals surface area (Å²) >= 11 is 0. The van der Waals surface area contributed by atoms with Crippen LogP contribution in [0.4, 0.5) is 11.9 Å². The summed E-state index contributed by atoms with van der Waals surface area (Å²) in [6.07, 6.45) is 2.63. The van der Waals surface area contributed by atoms with Crippen molar-refractivity contribution in [1.29, 1.82) is 0 Å². The van der Waals surface area contributed by atoms with Gasteiger partial charge < -0.3 is 10.2 Å². The summed E-state index contributed by atoms with van der Waals surface area (Å²) in [5.74, 6) is 3.15. The van der Waals surface area contributed by atoms with Crippen LogP contribution in [0.3, 0.4) is 0 Å². The van der Waals surface area contributed by atoms with Gasteiger partial charge in [-0.2, -0.15) is 15.0 Å². The minimum Gasteiger partial charge on any atom is -0.352 e. The molecule has 23 heavy (non-hydrogen) atoms. The van der Waals surface area contributed by atoms with Crippen LogP contribution < -0.4 is 10.2 Å². The average Bonchev–Trinajstić information content (AvgIpc) is 3.00. The lowest BCUT2D eigenvalue weighted by molar-refractivity contribution is 0.201. The van der Waals surface area contributed by atoms with E-state index in [1.165, 1.54) is 25.9 Å². The fourth-order valence-electron chi connectivity index (χ4n) is 2.97. The molecule has 0 amide bonds. The Morgan fingerprint density at radius 1 is 1.04 bits per heavy atom. The van der Waals surface area contributed by atoms with Crippen LogP contribution >= 0.6 is 0 Å². The molecule has 1 fully saturated rings. The monoisotopic (exact) mass is 320 g/mol. The second-order valence-electron chi connectivity index (χ2n) is 7.30. The zero-order valence-corrected chi connectivity index (χ0v) is 15.5. The minimum atomic E-state index is 0.289. The van der Waals surface area contributed by atoms with Gasteiger partial charge in [0, 0.05) is 32.6 Å². The first kappa shape index (κ1) is 17.9. The Morgan fingerprint density at radius 2 is 1.70 bits per heavy atom.